The third-order valence-corrected chi connectivity index (χ3v) is 13.2. The fourth-order valence-corrected chi connectivity index (χ4v) is 8.63. The molecule has 0 aromatic rings. The molecule has 1 aliphatic carbocycles. The molecule has 1 aliphatic rings. The van der Waals surface area contributed by atoms with Crippen LogP contribution in [-0.2, 0) is 57.3 Å². The van der Waals surface area contributed by atoms with Gasteiger partial charge in [-0.05, 0) is 77.2 Å². The molecule has 21 heteroatoms. The maximum atomic E-state index is 13.0. The third-order valence-electron chi connectivity index (χ3n) is 13.2. The zero-order valence-electron chi connectivity index (χ0n) is 45.0. The number of ketones is 1. The van der Waals surface area contributed by atoms with Crippen LogP contribution in [0.1, 0.15) is 173 Å². The highest BCUT2D eigenvalue weighted by atomic mass is 16.5. The van der Waals surface area contributed by atoms with Gasteiger partial charge in [-0.1, -0.05) is 89.9 Å². The summed E-state index contributed by atoms with van der Waals surface area (Å²) in [7, 11) is 1.72. The molecule has 5 amide bonds. The second kappa shape index (κ2) is 47.2. The summed E-state index contributed by atoms with van der Waals surface area (Å²) < 4.78 is 21.4. The maximum absolute atomic E-state index is 13.0. The van der Waals surface area contributed by atoms with Gasteiger partial charge in [0.2, 0.25) is 29.5 Å². The highest BCUT2D eigenvalue weighted by molar-refractivity contribution is 5.86. The predicted molar refractivity (Wildman–Crippen MR) is 281 cm³/mol. The van der Waals surface area contributed by atoms with Crippen LogP contribution in [-0.4, -0.2) is 162 Å². The van der Waals surface area contributed by atoms with E-state index in [2.05, 4.69) is 31.9 Å². The molecule has 10 N–H and O–H groups in total. The Hall–Kier alpha value is -4.28. The lowest BCUT2D eigenvalue weighted by molar-refractivity contribution is -0.143. The van der Waals surface area contributed by atoms with Crippen LogP contribution in [0.3, 0.4) is 0 Å². The molecule has 0 aromatic carbocycles. The second-order valence-corrected chi connectivity index (χ2v) is 19.4. The van der Waals surface area contributed by atoms with Crippen molar-refractivity contribution in [1.82, 2.24) is 31.9 Å². The molecule has 0 spiro atoms. The summed E-state index contributed by atoms with van der Waals surface area (Å²) in [6.07, 6.45) is 24.3. The topological polar surface area (TPSA) is 312 Å². The smallest absolute Gasteiger partial charge is 0.326 e. The first-order valence-electron chi connectivity index (χ1n) is 27.9. The number of unbranched alkanes of at least 4 members (excludes halogenated alkanes) is 16. The Morgan fingerprint density at radius 2 is 0.946 bits per heavy atom. The Bertz CT molecular complexity index is 1530. The van der Waals surface area contributed by atoms with Gasteiger partial charge in [-0.15, -0.1) is 0 Å². The molecule has 0 bridgehead atoms. The maximum Gasteiger partial charge on any atom is 0.326 e. The standard InChI is InChI=1S/C53H97N7O14/c1-55-44(46(61)38-54)20-18-19-29-56-49(64)40-73-36-35-72-33-31-58-50(65)41-74-37-34-71-32-30-57-48(63)28-27-45(53(69)70)60-52(68)43-25-23-42(24-26-43)39-59-47(62)21-16-14-12-10-8-6-4-2-3-5-7-9-11-13-15-17-22-51(66)67/h42-45,55H,2-41,54H2,1H3,(H,56,64)(H,57,63)(H,58,65)(H,59,62)(H,60,68)(H,66,67)(H,69,70)/t42?,43?,44-,45?/m1/s1. The normalized spacial score (nSPS) is 15.2. The number of ether oxygens (including phenoxy) is 4. The van der Waals surface area contributed by atoms with Crippen LogP contribution in [0.2, 0.25) is 0 Å². The van der Waals surface area contributed by atoms with Crippen molar-refractivity contribution in [3.05, 3.63) is 0 Å². The minimum Gasteiger partial charge on any atom is -0.481 e. The number of amides is 5. The van der Waals surface area contributed by atoms with Gasteiger partial charge in [0.05, 0.1) is 52.2 Å². The van der Waals surface area contributed by atoms with E-state index < -0.39 is 18.0 Å². The molecule has 1 unspecified atom stereocenters. The van der Waals surface area contributed by atoms with Crippen molar-refractivity contribution in [2.24, 2.45) is 17.6 Å². The van der Waals surface area contributed by atoms with Gasteiger partial charge in [0.15, 0.2) is 5.78 Å². The summed E-state index contributed by atoms with van der Waals surface area (Å²) in [5, 5.41) is 35.1. The number of nitrogens with two attached hydrogens (primary N) is 1. The Morgan fingerprint density at radius 1 is 0.486 bits per heavy atom. The Labute approximate surface area is 441 Å². The van der Waals surface area contributed by atoms with Gasteiger partial charge in [-0.3, -0.25) is 33.6 Å². The number of hydrogen-bond acceptors (Lipinski definition) is 14. The molecular weight excluding hydrogens is 959 g/mol. The summed E-state index contributed by atoms with van der Waals surface area (Å²) in [6.45, 7) is 2.50. The quantitative estimate of drug-likeness (QED) is 0.0388. The second-order valence-electron chi connectivity index (χ2n) is 19.4. The molecular formula is C53H97N7O14. The van der Waals surface area contributed by atoms with E-state index in [0.717, 1.165) is 64.2 Å². The number of hydrogen-bond donors (Lipinski definition) is 9. The molecule has 1 saturated carbocycles. The van der Waals surface area contributed by atoms with Crippen LogP contribution in [0.5, 0.6) is 0 Å². The fourth-order valence-electron chi connectivity index (χ4n) is 8.63. The van der Waals surface area contributed by atoms with Gasteiger partial charge < -0.3 is 66.8 Å². The average molecular weight is 1060 g/mol. The van der Waals surface area contributed by atoms with Gasteiger partial charge >= 0.3 is 11.9 Å². The molecule has 0 aliphatic heterocycles. The fraction of sp³-hybridized carbons (Fsp3) is 0.849. The highest BCUT2D eigenvalue weighted by Gasteiger charge is 2.30. The molecule has 1 rings (SSSR count). The molecule has 0 heterocycles. The SMILES string of the molecule is CN[C@H](CCCCNC(=O)COCCOCCNC(=O)COCCOCCNC(=O)CCC(NC(=O)C1CCC(CNC(=O)CCCCCCCCCCCCCCCCCCC(=O)O)CC1)C(=O)O)C(=O)CN. The van der Waals surface area contributed by atoms with E-state index in [1.807, 2.05) is 0 Å². The van der Waals surface area contributed by atoms with Crippen molar-refractivity contribution in [2.45, 2.75) is 185 Å². The Balaban J connectivity index is 1.97. The van der Waals surface area contributed by atoms with Crippen LogP contribution in [0.4, 0.5) is 0 Å². The zero-order chi connectivity index (χ0) is 54.3. The van der Waals surface area contributed by atoms with Gasteiger partial charge in [-0.2, -0.15) is 0 Å². The Morgan fingerprint density at radius 3 is 1.43 bits per heavy atom. The number of rotatable bonds is 51. The molecule has 74 heavy (non-hydrogen) atoms. The number of aliphatic carboxylic acids is 2. The van der Waals surface area contributed by atoms with Gasteiger partial charge in [0, 0.05) is 51.4 Å². The lowest BCUT2D eigenvalue weighted by atomic mass is 9.81. The van der Waals surface area contributed by atoms with E-state index in [-0.39, 0.29) is 145 Å². The summed E-state index contributed by atoms with van der Waals surface area (Å²) >= 11 is 0. The summed E-state index contributed by atoms with van der Waals surface area (Å²) in [4.78, 5) is 95.8. The first-order valence-corrected chi connectivity index (χ1v) is 27.9. The summed E-state index contributed by atoms with van der Waals surface area (Å²) in [5.74, 6) is -3.16. The summed E-state index contributed by atoms with van der Waals surface area (Å²) in [5.41, 5.74) is 5.40. The number of nitrogens with one attached hydrogen (secondary N) is 6. The van der Waals surface area contributed by atoms with E-state index in [1.54, 1.807) is 7.05 Å². The molecule has 2 atom stereocenters. The van der Waals surface area contributed by atoms with Crippen molar-refractivity contribution in [1.29, 1.82) is 0 Å². The van der Waals surface area contributed by atoms with Crippen molar-refractivity contribution in [2.75, 3.05) is 92.6 Å². The van der Waals surface area contributed by atoms with E-state index in [9.17, 15) is 43.5 Å². The van der Waals surface area contributed by atoms with E-state index >= 15 is 0 Å². The zero-order valence-corrected chi connectivity index (χ0v) is 45.0. The van der Waals surface area contributed by atoms with Gasteiger partial charge in [0.25, 0.3) is 0 Å². The molecule has 0 saturated heterocycles. The number of carboxylic acid groups (broad SMARTS) is 2. The van der Waals surface area contributed by atoms with E-state index in [1.165, 1.54) is 64.2 Å². The van der Waals surface area contributed by atoms with Crippen LogP contribution >= 0.6 is 0 Å². The lowest BCUT2D eigenvalue weighted by Crippen LogP contribution is -2.45. The Kier molecular flexibility index (Phi) is 43.2. The number of carbonyl (C=O) groups excluding carboxylic acids is 6. The number of likely N-dealkylation sites (N-methyl/N-ethyl adjacent to an activating group) is 1. The first-order chi connectivity index (χ1) is 35.9. The van der Waals surface area contributed by atoms with E-state index in [4.69, 9.17) is 29.8 Å². The molecule has 1 fully saturated rings. The highest BCUT2D eigenvalue weighted by Crippen LogP contribution is 2.29. The van der Waals surface area contributed by atoms with Gasteiger partial charge in [0.1, 0.15) is 19.3 Å². The van der Waals surface area contributed by atoms with Crippen molar-refractivity contribution < 1.29 is 67.5 Å². The van der Waals surface area contributed by atoms with Crippen LogP contribution in [0.25, 0.3) is 0 Å². The molecule has 428 valence electrons. The van der Waals surface area contributed by atoms with E-state index in [0.29, 0.717) is 38.8 Å². The third kappa shape index (κ3) is 40.1. The van der Waals surface area contributed by atoms with Crippen LogP contribution in [0.15, 0.2) is 0 Å². The molecule has 21 nitrogen and oxygen atoms in total. The van der Waals surface area contributed by atoms with Crippen molar-refractivity contribution in [3.8, 4) is 0 Å². The largest absolute Gasteiger partial charge is 0.481 e. The molecule has 0 aromatic heterocycles. The first kappa shape index (κ1) is 67.7. The minimum atomic E-state index is -1.20. The minimum absolute atomic E-state index is 0.000777. The average Bonchev–Trinajstić information content (AvgIpc) is 3.38. The predicted octanol–water partition coefficient (Wildman–Crippen LogP) is 4.07. The number of carbonyl (C=O) groups is 8. The van der Waals surface area contributed by atoms with Crippen LogP contribution < -0.4 is 37.6 Å². The monoisotopic (exact) mass is 1060 g/mol. The van der Waals surface area contributed by atoms with Gasteiger partial charge in [-0.25, -0.2) is 4.79 Å². The van der Waals surface area contributed by atoms with Crippen LogP contribution in [0, 0.1) is 11.8 Å². The van der Waals surface area contributed by atoms with Crippen molar-refractivity contribution >= 4 is 47.3 Å². The molecule has 0 radical (unpaired) electrons. The number of Topliss-reactive ketones (excluding diaryl/α,β-unsaturated/α-hetero) is 1. The summed E-state index contributed by atoms with van der Waals surface area (Å²) in [6, 6.07) is -1.46. The lowest BCUT2D eigenvalue weighted by Gasteiger charge is -2.28. The van der Waals surface area contributed by atoms with Crippen molar-refractivity contribution in [3.63, 3.8) is 0 Å². The number of carboxylic acids is 2.